The van der Waals surface area contributed by atoms with Crippen LogP contribution in [-0.2, 0) is 16.1 Å². The van der Waals surface area contributed by atoms with E-state index in [-0.39, 0.29) is 11.3 Å². The van der Waals surface area contributed by atoms with Gasteiger partial charge in [-0.3, -0.25) is 14.9 Å². The van der Waals surface area contributed by atoms with Crippen LogP contribution in [0.25, 0.3) is 21.8 Å². The molecule has 3 aromatic carbocycles. The number of esters is 1. The molecule has 2 heterocycles. The molecule has 0 unspecified atom stereocenters. The van der Waals surface area contributed by atoms with Crippen molar-refractivity contribution in [2.24, 2.45) is 5.92 Å². The number of aromatic nitrogens is 1. The molecule has 0 bridgehead atoms. The topological polar surface area (TPSA) is 107 Å². The number of benzene rings is 3. The summed E-state index contributed by atoms with van der Waals surface area (Å²) in [5, 5.41) is 16.7. The lowest BCUT2D eigenvalue weighted by molar-refractivity contribution is -0.384. The highest BCUT2D eigenvalue weighted by molar-refractivity contribution is 6.10. The molecule has 1 atom stereocenters. The van der Waals surface area contributed by atoms with Gasteiger partial charge in [-0.1, -0.05) is 25.1 Å². The van der Waals surface area contributed by atoms with Crippen molar-refractivity contribution in [2.45, 2.75) is 46.3 Å². The van der Waals surface area contributed by atoms with E-state index in [1.54, 1.807) is 6.07 Å². The van der Waals surface area contributed by atoms with Crippen molar-refractivity contribution < 1.29 is 19.2 Å². The van der Waals surface area contributed by atoms with Crippen LogP contribution in [0.15, 0.2) is 60.7 Å². The highest BCUT2D eigenvalue weighted by atomic mass is 16.6. The summed E-state index contributed by atoms with van der Waals surface area (Å²) in [6.45, 7) is 8.02. The van der Waals surface area contributed by atoms with Crippen LogP contribution < -0.4 is 10.2 Å². The maximum atomic E-state index is 12.9. The molecule has 1 amide bonds. The minimum absolute atomic E-state index is 0.0317. The predicted octanol–water partition coefficient (Wildman–Crippen LogP) is 6.14. The molecule has 0 radical (unpaired) electrons. The number of anilines is 2. The van der Waals surface area contributed by atoms with E-state index >= 15 is 0 Å². The number of rotatable bonds is 7. The number of carbonyl (C=O) groups excluding carboxylic acids is 2. The molecule has 4 aromatic rings. The first-order valence-electron chi connectivity index (χ1n) is 13.3. The molecule has 39 heavy (non-hydrogen) atoms. The van der Waals surface area contributed by atoms with E-state index in [1.807, 2.05) is 35.2 Å². The summed E-state index contributed by atoms with van der Waals surface area (Å²) in [6, 6.07) is 18.2. The Morgan fingerprint density at radius 3 is 2.49 bits per heavy atom. The largest absolute Gasteiger partial charge is 0.449 e. The van der Waals surface area contributed by atoms with Crippen molar-refractivity contribution in [1.29, 1.82) is 0 Å². The van der Waals surface area contributed by atoms with Gasteiger partial charge >= 0.3 is 5.97 Å². The molecule has 1 aliphatic rings. The number of carbonyl (C=O) groups is 2. The Hall–Kier alpha value is -4.40. The van der Waals surface area contributed by atoms with Crippen molar-refractivity contribution in [2.75, 3.05) is 23.3 Å². The van der Waals surface area contributed by atoms with Crippen LogP contribution in [0.3, 0.4) is 0 Å². The number of nitrogens with one attached hydrogen (secondary N) is 1. The van der Waals surface area contributed by atoms with E-state index in [0.29, 0.717) is 17.3 Å². The van der Waals surface area contributed by atoms with Crippen LogP contribution in [0, 0.1) is 16.0 Å². The lowest BCUT2D eigenvalue weighted by Crippen LogP contribution is -2.33. The second kappa shape index (κ2) is 10.8. The van der Waals surface area contributed by atoms with Crippen molar-refractivity contribution in [3.8, 4) is 0 Å². The van der Waals surface area contributed by atoms with Gasteiger partial charge < -0.3 is 19.5 Å². The van der Waals surface area contributed by atoms with Crippen LogP contribution >= 0.6 is 0 Å². The third-order valence-electron chi connectivity index (χ3n) is 7.54. The fourth-order valence-corrected chi connectivity index (χ4v) is 5.31. The van der Waals surface area contributed by atoms with E-state index < -0.39 is 22.9 Å². The predicted molar refractivity (Wildman–Crippen MR) is 152 cm³/mol. The van der Waals surface area contributed by atoms with Gasteiger partial charge in [-0.25, -0.2) is 4.79 Å². The zero-order valence-electron chi connectivity index (χ0n) is 22.3. The number of para-hydroxylation sites is 1. The Balaban J connectivity index is 1.30. The quantitative estimate of drug-likeness (QED) is 0.175. The maximum absolute atomic E-state index is 12.9. The Labute approximate surface area is 226 Å². The summed E-state index contributed by atoms with van der Waals surface area (Å²) in [4.78, 5) is 39.0. The monoisotopic (exact) mass is 528 g/mol. The number of nitro groups is 1. The standard InChI is InChI=1S/C30H32N4O5/c1-4-33-25-8-6-5-7-23(25)24-18-22(10-12-26(24)33)31-29(35)20(3)39-30(36)21-9-11-27(28(17-21)34(37)38)32-15-13-19(2)14-16-32/h5-12,17-20H,4,13-16H2,1-3H3,(H,31,35)/t20-/m0/s1. The summed E-state index contributed by atoms with van der Waals surface area (Å²) in [5.41, 5.74) is 3.16. The number of amides is 1. The fourth-order valence-electron chi connectivity index (χ4n) is 5.31. The van der Waals surface area contributed by atoms with Crippen molar-refractivity contribution >= 4 is 50.7 Å². The molecule has 1 aliphatic heterocycles. The molecule has 1 saturated heterocycles. The summed E-state index contributed by atoms with van der Waals surface area (Å²) in [5.74, 6) is -0.697. The molecule has 9 heteroatoms. The van der Waals surface area contributed by atoms with Gasteiger partial charge in [0.15, 0.2) is 6.10 Å². The van der Waals surface area contributed by atoms with E-state index in [2.05, 4.69) is 35.9 Å². The van der Waals surface area contributed by atoms with Crippen LogP contribution in [0.1, 0.15) is 44.0 Å². The van der Waals surface area contributed by atoms with Crippen LogP contribution in [-0.4, -0.2) is 40.6 Å². The minimum Gasteiger partial charge on any atom is -0.449 e. The number of ether oxygens (including phenoxy) is 1. The third kappa shape index (κ3) is 5.16. The maximum Gasteiger partial charge on any atom is 0.339 e. The first-order chi connectivity index (χ1) is 18.8. The Morgan fingerprint density at radius 2 is 1.77 bits per heavy atom. The van der Waals surface area contributed by atoms with Gasteiger partial charge in [0, 0.05) is 53.2 Å². The average molecular weight is 529 g/mol. The Morgan fingerprint density at radius 1 is 1.05 bits per heavy atom. The smallest absolute Gasteiger partial charge is 0.339 e. The summed E-state index contributed by atoms with van der Waals surface area (Å²) in [6.07, 6.45) is 0.815. The molecule has 1 aromatic heterocycles. The number of aryl methyl sites for hydroxylation is 1. The number of piperidine rings is 1. The molecule has 0 saturated carbocycles. The van der Waals surface area contributed by atoms with Crippen LogP contribution in [0.2, 0.25) is 0 Å². The zero-order valence-corrected chi connectivity index (χ0v) is 22.3. The molecular formula is C30H32N4O5. The van der Waals surface area contributed by atoms with Crippen molar-refractivity contribution in [3.05, 3.63) is 76.3 Å². The third-order valence-corrected chi connectivity index (χ3v) is 7.54. The molecule has 202 valence electrons. The number of nitrogens with zero attached hydrogens (tertiary/aromatic N) is 3. The zero-order chi connectivity index (χ0) is 27.7. The average Bonchev–Trinajstić information content (AvgIpc) is 3.26. The first-order valence-corrected chi connectivity index (χ1v) is 13.3. The van der Waals surface area contributed by atoms with Gasteiger partial charge in [-0.2, -0.15) is 0 Å². The van der Waals surface area contributed by atoms with Crippen molar-refractivity contribution in [3.63, 3.8) is 0 Å². The number of hydrogen-bond acceptors (Lipinski definition) is 6. The van der Waals surface area contributed by atoms with Gasteiger partial charge in [0.1, 0.15) is 5.69 Å². The molecule has 1 fully saturated rings. The lowest BCUT2D eigenvalue weighted by Gasteiger charge is -2.31. The highest BCUT2D eigenvalue weighted by Crippen LogP contribution is 2.33. The molecular weight excluding hydrogens is 496 g/mol. The first kappa shape index (κ1) is 26.2. The van der Waals surface area contributed by atoms with E-state index in [1.165, 1.54) is 19.1 Å². The van der Waals surface area contributed by atoms with Gasteiger partial charge in [-0.15, -0.1) is 0 Å². The van der Waals surface area contributed by atoms with Gasteiger partial charge in [0.2, 0.25) is 0 Å². The number of nitro benzene ring substituents is 1. The van der Waals surface area contributed by atoms with E-state index in [0.717, 1.165) is 54.3 Å². The van der Waals surface area contributed by atoms with E-state index in [4.69, 9.17) is 4.74 Å². The Kier molecular flexibility index (Phi) is 7.24. The second-order valence-corrected chi connectivity index (χ2v) is 10.2. The van der Waals surface area contributed by atoms with Gasteiger partial charge in [0.25, 0.3) is 11.6 Å². The van der Waals surface area contributed by atoms with Gasteiger partial charge in [0.05, 0.1) is 10.5 Å². The second-order valence-electron chi connectivity index (χ2n) is 10.2. The van der Waals surface area contributed by atoms with Crippen molar-refractivity contribution in [1.82, 2.24) is 4.57 Å². The van der Waals surface area contributed by atoms with Gasteiger partial charge in [-0.05, 0) is 69.0 Å². The summed E-state index contributed by atoms with van der Waals surface area (Å²) >= 11 is 0. The summed E-state index contributed by atoms with van der Waals surface area (Å²) in [7, 11) is 0. The van der Waals surface area contributed by atoms with E-state index in [9.17, 15) is 19.7 Å². The molecule has 9 nitrogen and oxygen atoms in total. The SMILES string of the molecule is CCn1c2ccccc2c2cc(NC(=O)[C@H](C)OC(=O)c3ccc(N4CCC(C)CC4)c([N+](=O)[O-])c3)ccc21. The number of fused-ring (bicyclic) bond motifs is 3. The van der Waals surface area contributed by atoms with Crippen LogP contribution in [0.5, 0.6) is 0 Å². The molecule has 0 spiro atoms. The molecule has 0 aliphatic carbocycles. The van der Waals surface area contributed by atoms with Crippen LogP contribution in [0.4, 0.5) is 17.1 Å². The highest BCUT2D eigenvalue weighted by Gasteiger charge is 2.26. The number of hydrogen-bond donors (Lipinski definition) is 1. The fraction of sp³-hybridized carbons (Fsp3) is 0.333. The normalized spacial score (nSPS) is 14.9. The summed E-state index contributed by atoms with van der Waals surface area (Å²) < 4.78 is 7.61. The minimum atomic E-state index is -1.10. The molecule has 5 rings (SSSR count). The Bertz CT molecular complexity index is 1570. The molecule has 1 N–H and O–H groups in total. The lowest BCUT2D eigenvalue weighted by atomic mass is 9.98.